The van der Waals surface area contributed by atoms with E-state index in [9.17, 15) is 0 Å². The number of anilines is 1. The van der Waals surface area contributed by atoms with E-state index in [1.807, 2.05) is 6.33 Å². The van der Waals surface area contributed by atoms with Gasteiger partial charge in [0, 0.05) is 50.1 Å². The SMILES string of the molecule is COCCc1nsc(N2CCC(c3nncn3C(C)C)CC2)n1. The zero-order valence-corrected chi connectivity index (χ0v) is 14.8. The zero-order chi connectivity index (χ0) is 16.2. The van der Waals surface area contributed by atoms with Gasteiger partial charge in [-0.25, -0.2) is 4.98 Å². The lowest BCUT2D eigenvalue weighted by atomic mass is 9.96. The van der Waals surface area contributed by atoms with Crippen molar-refractivity contribution >= 4 is 16.7 Å². The van der Waals surface area contributed by atoms with Gasteiger partial charge in [0.2, 0.25) is 5.13 Å². The van der Waals surface area contributed by atoms with E-state index >= 15 is 0 Å². The number of ether oxygens (including phenoxy) is 1. The molecule has 0 unspecified atom stereocenters. The summed E-state index contributed by atoms with van der Waals surface area (Å²) in [6.45, 7) is 7.00. The molecule has 0 spiro atoms. The highest BCUT2D eigenvalue weighted by Gasteiger charge is 2.26. The third-order valence-corrected chi connectivity index (χ3v) is 5.09. The number of aromatic nitrogens is 5. The van der Waals surface area contributed by atoms with Crippen LogP contribution in [0.5, 0.6) is 0 Å². The molecule has 1 saturated heterocycles. The highest BCUT2D eigenvalue weighted by molar-refractivity contribution is 7.09. The molecule has 0 aromatic carbocycles. The summed E-state index contributed by atoms with van der Waals surface area (Å²) in [4.78, 5) is 6.96. The quantitative estimate of drug-likeness (QED) is 0.806. The van der Waals surface area contributed by atoms with Crippen molar-refractivity contribution < 1.29 is 4.74 Å². The van der Waals surface area contributed by atoms with Crippen LogP contribution in [-0.4, -0.2) is 50.9 Å². The fraction of sp³-hybridized carbons (Fsp3) is 0.733. The lowest BCUT2D eigenvalue weighted by Gasteiger charge is -2.31. The Bertz CT molecular complexity index is 617. The predicted molar refractivity (Wildman–Crippen MR) is 90.1 cm³/mol. The van der Waals surface area contributed by atoms with E-state index in [0.29, 0.717) is 18.6 Å². The number of nitrogens with zero attached hydrogens (tertiary/aromatic N) is 6. The Balaban J connectivity index is 1.60. The van der Waals surface area contributed by atoms with Crippen molar-refractivity contribution in [2.75, 3.05) is 31.7 Å². The minimum absolute atomic E-state index is 0.407. The summed E-state index contributed by atoms with van der Waals surface area (Å²) >= 11 is 1.49. The van der Waals surface area contributed by atoms with Crippen LogP contribution >= 0.6 is 11.5 Å². The molecule has 8 heteroatoms. The lowest BCUT2D eigenvalue weighted by Crippen LogP contribution is -2.33. The molecule has 7 nitrogen and oxygen atoms in total. The average molecular weight is 336 g/mol. The molecule has 0 aliphatic carbocycles. The van der Waals surface area contributed by atoms with Crippen molar-refractivity contribution in [3.63, 3.8) is 0 Å². The Labute approximate surface area is 140 Å². The summed E-state index contributed by atoms with van der Waals surface area (Å²) in [5.41, 5.74) is 0. The van der Waals surface area contributed by atoms with Gasteiger partial charge in [0.05, 0.1) is 6.61 Å². The third kappa shape index (κ3) is 3.69. The topological polar surface area (TPSA) is 69.0 Å². The lowest BCUT2D eigenvalue weighted by molar-refractivity contribution is 0.201. The van der Waals surface area contributed by atoms with Gasteiger partial charge in [-0.2, -0.15) is 4.37 Å². The van der Waals surface area contributed by atoms with Crippen molar-refractivity contribution in [2.24, 2.45) is 0 Å². The third-order valence-electron chi connectivity index (χ3n) is 4.27. The maximum atomic E-state index is 5.08. The predicted octanol–water partition coefficient (Wildman–Crippen LogP) is 2.28. The second-order valence-electron chi connectivity index (χ2n) is 6.19. The van der Waals surface area contributed by atoms with Crippen LogP contribution in [0.3, 0.4) is 0 Å². The molecule has 0 N–H and O–H groups in total. The van der Waals surface area contributed by atoms with Gasteiger partial charge in [0.25, 0.3) is 0 Å². The summed E-state index contributed by atoms with van der Waals surface area (Å²) in [7, 11) is 1.70. The van der Waals surface area contributed by atoms with Crippen LogP contribution in [-0.2, 0) is 11.2 Å². The summed E-state index contributed by atoms with van der Waals surface area (Å²) < 4.78 is 11.7. The number of piperidine rings is 1. The Kier molecular flexibility index (Phi) is 5.22. The number of hydrogen-bond acceptors (Lipinski definition) is 7. The molecule has 1 aliphatic rings. The first-order chi connectivity index (χ1) is 11.2. The van der Waals surface area contributed by atoms with E-state index in [1.165, 1.54) is 11.5 Å². The Morgan fingerprint density at radius 2 is 2.13 bits per heavy atom. The van der Waals surface area contributed by atoms with Crippen LogP contribution in [0.15, 0.2) is 6.33 Å². The van der Waals surface area contributed by atoms with Crippen molar-refractivity contribution in [3.05, 3.63) is 18.0 Å². The smallest absolute Gasteiger partial charge is 0.205 e. The molecule has 3 heterocycles. The highest BCUT2D eigenvalue weighted by atomic mass is 32.1. The maximum absolute atomic E-state index is 5.08. The molecular formula is C15H24N6OS. The van der Waals surface area contributed by atoms with Crippen LogP contribution in [0.25, 0.3) is 0 Å². The standard InChI is InChI=1S/C15H24N6OS/c1-11(2)21-10-16-18-14(21)12-4-7-20(8-5-12)15-17-13(19-23-15)6-9-22-3/h10-12H,4-9H2,1-3H3. The number of rotatable bonds is 6. The highest BCUT2D eigenvalue weighted by Crippen LogP contribution is 2.31. The summed E-state index contributed by atoms with van der Waals surface area (Å²) in [6, 6.07) is 0.407. The Morgan fingerprint density at radius 1 is 1.35 bits per heavy atom. The molecule has 126 valence electrons. The molecule has 0 saturated carbocycles. The normalized spacial score (nSPS) is 16.4. The molecule has 0 atom stereocenters. The van der Waals surface area contributed by atoms with Gasteiger partial charge in [-0.15, -0.1) is 10.2 Å². The molecule has 1 fully saturated rings. The van der Waals surface area contributed by atoms with Crippen LogP contribution in [0.4, 0.5) is 5.13 Å². The van der Waals surface area contributed by atoms with Gasteiger partial charge < -0.3 is 14.2 Å². The van der Waals surface area contributed by atoms with E-state index in [1.54, 1.807) is 7.11 Å². The summed E-state index contributed by atoms with van der Waals surface area (Å²) in [5.74, 6) is 2.49. The van der Waals surface area contributed by atoms with Crippen molar-refractivity contribution in [1.82, 2.24) is 24.1 Å². The first-order valence-corrected chi connectivity index (χ1v) is 8.92. The molecule has 2 aromatic heterocycles. The molecule has 0 bridgehead atoms. The second kappa shape index (κ2) is 7.35. The van der Waals surface area contributed by atoms with Gasteiger partial charge in [0.15, 0.2) is 0 Å². The van der Waals surface area contributed by atoms with Gasteiger partial charge in [-0.1, -0.05) is 0 Å². The first kappa shape index (κ1) is 16.3. The van der Waals surface area contributed by atoms with Crippen LogP contribution in [0.2, 0.25) is 0 Å². The van der Waals surface area contributed by atoms with E-state index in [0.717, 1.165) is 49.1 Å². The molecule has 3 rings (SSSR count). The van der Waals surface area contributed by atoms with Crippen molar-refractivity contribution in [3.8, 4) is 0 Å². The summed E-state index contributed by atoms with van der Waals surface area (Å²) in [5, 5.41) is 9.47. The molecule has 1 aliphatic heterocycles. The van der Waals surface area contributed by atoms with Gasteiger partial charge in [-0.3, -0.25) is 0 Å². The number of methoxy groups -OCH3 is 1. The first-order valence-electron chi connectivity index (χ1n) is 8.15. The molecule has 2 aromatic rings. The van der Waals surface area contributed by atoms with Crippen LogP contribution in [0.1, 0.15) is 50.3 Å². The van der Waals surface area contributed by atoms with E-state index < -0.39 is 0 Å². The van der Waals surface area contributed by atoms with Gasteiger partial charge >= 0.3 is 0 Å². The van der Waals surface area contributed by atoms with E-state index in [2.05, 4.69) is 42.9 Å². The van der Waals surface area contributed by atoms with E-state index in [-0.39, 0.29) is 0 Å². The molecule has 0 amide bonds. The Hall–Kier alpha value is -1.54. The Morgan fingerprint density at radius 3 is 2.83 bits per heavy atom. The molecule has 0 radical (unpaired) electrons. The molecule has 23 heavy (non-hydrogen) atoms. The van der Waals surface area contributed by atoms with Crippen LogP contribution in [0, 0.1) is 0 Å². The second-order valence-corrected chi connectivity index (χ2v) is 6.92. The number of hydrogen-bond donors (Lipinski definition) is 0. The maximum Gasteiger partial charge on any atom is 0.205 e. The largest absolute Gasteiger partial charge is 0.384 e. The monoisotopic (exact) mass is 336 g/mol. The average Bonchev–Trinajstić information content (AvgIpc) is 3.22. The fourth-order valence-corrected chi connectivity index (χ4v) is 3.70. The fourth-order valence-electron chi connectivity index (χ4n) is 2.94. The van der Waals surface area contributed by atoms with Gasteiger partial charge in [0.1, 0.15) is 18.0 Å². The van der Waals surface area contributed by atoms with E-state index in [4.69, 9.17) is 4.74 Å². The minimum atomic E-state index is 0.407. The van der Waals surface area contributed by atoms with Crippen molar-refractivity contribution in [2.45, 2.75) is 45.1 Å². The van der Waals surface area contributed by atoms with Gasteiger partial charge in [-0.05, 0) is 26.7 Å². The van der Waals surface area contributed by atoms with Crippen LogP contribution < -0.4 is 4.90 Å². The minimum Gasteiger partial charge on any atom is -0.384 e. The summed E-state index contributed by atoms with van der Waals surface area (Å²) in [6.07, 6.45) is 4.79. The molecular weight excluding hydrogens is 312 g/mol. The van der Waals surface area contributed by atoms with Crippen molar-refractivity contribution in [1.29, 1.82) is 0 Å². The zero-order valence-electron chi connectivity index (χ0n) is 14.0.